The van der Waals surface area contributed by atoms with Gasteiger partial charge in [-0.2, -0.15) is 0 Å². The molecule has 1 aliphatic rings. The SMILES string of the molecule is O=S(=O)(Cl)c1ccc(OCC2CC2)cc1F. The number of halogens is 2. The van der Waals surface area contributed by atoms with Gasteiger partial charge in [-0.1, -0.05) is 0 Å². The molecule has 0 radical (unpaired) electrons. The molecule has 0 amide bonds. The maximum absolute atomic E-state index is 13.3. The fourth-order valence-corrected chi connectivity index (χ4v) is 2.17. The summed E-state index contributed by atoms with van der Waals surface area (Å²) in [4.78, 5) is -0.520. The van der Waals surface area contributed by atoms with Crippen LogP contribution >= 0.6 is 10.7 Å². The largest absolute Gasteiger partial charge is 0.493 e. The highest BCUT2D eigenvalue weighted by Crippen LogP contribution is 2.30. The molecule has 6 heteroatoms. The van der Waals surface area contributed by atoms with Crippen molar-refractivity contribution < 1.29 is 17.5 Å². The Labute approximate surface area is 97.6 Å². The zero-order chi connectivity index (χ0) is 11.8. The number of benzene rings is 1. The van der Waals surface area contributed by atoms with Crippen LogP contribution in [0.5, 0.6) is 5.75 Å². The van der Waals surface area contributed by atoms with Crippen LogP contribution in [0.15, 0.2) is 23.1 Å². The molecule has 0 unspecified atom stereocenters. The highest BCUT2D eigenvalue weighted by Gasteiger charge is 2.22. The summed E-state index contributed by atoms with van der Waals surface area (Å²) >= 11 is 0. The van der Waals surface area contributed by atoms with Crippen molar-refractivity contribution in [1.29, 1.82) is 0 Å². The van der Waals surface area contributed by atoms with E-state index < -0.39 is 19.8 Å². The van der Waals surface area contributed by atoms with E-state index in [1.54, 1.807) is 0 Å². The molecule has 0 bridgehead atoms. The van der Waals surface area contributed by atoms with Gasteiger partial charge in [0.1, 0.15) is 16.5 Å². The minimum Gasteiger partial charge on any atom is -0.493 e. The van der Waals surface area contributed by atoms with Gasteiger partial charge < -0.3 is 4.74 Å². The van der Waals surface area contributed by atoms with Crippen molar-refractivity contribution >= 4 is 19.7 Å². The van der Waals surface area contributed by atoms with Gasteiger partial charge in [-0.15, -0.1) is 0 Å². The maximum atomic E-state index is 13.3. The molecule has 0 spiro atoms. The first-order valence-electron chi connectivity index (χ1n) is 4.84. The first-order chi connectivity index (χ1) is 7.47. The second-order valence-corrected chi connectivity index (χ2v) is 6.32. The summed E-state index contributed by atoms with van der Waals surface area (Å²) in [7, 11) is 1.02. The first-order valence-corrected chi connectivity index (χ1v) is 7.15. The molecule has 88 valence electrons. The lowest BCUT2D eigenvalue weighted by Crippen LogP contribution is -2.01. The highest BCUT2D eigenvalue weighted by molar-refractivity contribution is 8.13. The van der Waals surface area contributed by atoms with Crippen LogP contribution in [0, 0.1) is 11.7 Å². The third kappa shape index (κ3) is 2.86. The van der Waals surface area contributed by atoms with Gasteiger partial charge in [0, 0.05) is 16.7 Å². The van der Waals surface area contributed by atoms with Crippen LogP contribution < -0.4 is 4.74 Å². The van der Waals surface area contributed by atoms with Crippen LogP contribution in [0.2, 0.25) is 0 Å². The molecular weight excluding hydrogens is 255 g/mol. The fraction of sp³-hybridized carbons (Fsp3) is 0.400. The Bertz CT molecular complexity index is 497. The van der Waals surface area contributed by atoms with Gasteiger partial charge in [-0.05, 0) is 30.9 Å². The normalized spacial score (nSPS) is 16.1. The molecule has 16 heavy (non-hydrogen) atoms. The predicted molar refractivity (Wildman–Crippen MR) is 57.7 cm³/mol. The average molecular weight is 265 g/mol. The fourth-order valence-electron chi connectivity index (χ4n) is 1.27. The van der Waals surface area contributed by atoms with E-state index in [4.69, 9.17) is 15.4 Å². The summed E-state index contributed by atoms with van der Waals surface area (Å²) in [6, 6.07) is 3.55. The summed E-state index contributed by atoms with van der Waals surface area (Å²) < 4.78 is 40.5. The molecule has 1 aromatic rings. The predicted octanol–water partition coefficient (Wildman–Crippen LogP) is 2.54. The van der Waals surface area contributed by atoms with Crippen molar-refractivity contribution in [1.82, 2.24) is 0 Å². The molecule has 1 saturated carbocycles. The Morgan fingerprint density at radius 3 is 2.62 bits per heavy atom. The van der Waals surface area contributed by atoms with Gasteiger partial charge in [-0.25, -0.2) is 12.8 Å². The smallest absolute Gasteiger partial charge is 0.264 e. The number of rotatable bonds is 4. The van der Waals surface area contributed by atoms with Gasteiger partial charge in [0.15, 0.2) is 0 Å². The highest BCUT2D eigenvalue weighted by atomic mass is 35.7. The number of hydrogen-bond acceptors (Lipinski definition) is 3. The molecule has 0 saturated heterocycles. The number of ether oxygens (including phenoxy) is 1. The molecule has 0 N–H and O–H groups in total. The lowest BCUT2D eigenvalue weighted by atomic mass is 10.3. The molecule has 1 aliphatic carbocycles. The van der Waals surface area contributed by atoms with Crippen molar-refractivity contribution in [2.75, 3.05) is 6.61 Å². The van der Waals surface area contributed by atoms with Crippen molar-refractivity contribution in [2.45, 2.75) is 17.7 Å². The van der Waals surface area contributed by atoms with Crippen molar-refractivity contribution in [2.24, 2.45) is 5.92 Å². The van der Waals surface area contributed by atoms with Crippen molar-refractivity contribution in [3.63, 3.8) is 0 Å². The van der Waals surface area contributed by atoms with Crippen LogP contribution in [0.4, 0.5) is 4.39 Å². The summed E-state index contributed by atoms with van der Waals surface area (Å²) in [6.07, 6.45) is 2.27. The molecule has 2 rings (SSSR count). The molecule has 0 heterocycles. The topological polar surface area (TPSA) is 43.4 Å². The zero-order valence-electron chi connectivity index (χ0n) is 8.32. The Morgan fingerprint density at radius 1 is 1.44 bits per heavy atom. The minimum absolute atomic E-state index is 0.327. The van der Waals surface area contributed by atoms with Crippen LogP contribution in [0.25, 0.3) is 0 Å². The first kappa shape index (κ1) is 11.7. The van der Waals surface area contributed by atoms with Crippen LogP contribution in [-0.4, -0.2) is 15.0 Å². The van der Waals surface area contributed by atoms with Crippen LogP contribution in [0.1, 0.15) is 12.8 Å². The second kappa shape index (κ2) is 4.22. The van der Waals surface area contributed by atoms with Gasteiger partial charge in [0.05, 0.1) is 6.61 Å². The van der Waals surface area contributed by atoms with E-state index in [0.717, 1.165) is 25.0 Å². The van der Waals surface area contributed by atoms with Gasteiger partial charge >= 0.3 is 0 Å². The van der Waals surface area contributed by atoms with Gasteiger partial charge in [0.25, 0.3) is 9.05 Å². The van der Waals surface area contributed by atoms with Crippen LogP contribution in [0.3, 0.4) is 0 Å². The van der Waals surface area contributed by atoms with E-state index in [-0.39, 0.29) is 0 Å². The van der Waals surface area contributed by atoms with Gasteiger partial charge in [0.2, 0.25) is 0 Å². The zero-order valence-corrected chi connectivity index (χ0v) is 9.89. The second-order valence-electron chi connectivity index (χ2n) is 3.78. The molecule has 3 nitrogen and oxygen atoms in total. The number of hydrogen-bond donors (Lipinski definition) is 0. The summed E-state index contributed by atoms with van der Waals surface area (Å²) in [5.74, 6) is -0.00346. The third-order valence-electron chi connectivity index (χ3n) is 2.35. The summed E-state index contributed by atoms with van der Waals surface area (Å²) in [5.41, 5.74) is 0. The molecule has 0 aromatic heterocycles. The van der Waals surface area contributed by atoms with E-state index >= 15 is 0 Å². The lowest BCUT2D eigenvalue weighted by Gasteiger charge is -2.06. The Morgan fingerprint density at radius 2 is 2.12 bits per heavy atom. The Kier molecular flexibility index (Phi) is 3.08. The van der Waals surface area contributed by atoms with E-state index in [1.165, 1.54) is 6.07 Å². The molecule has 1 fully saturated rings. The van der Waals surface area contributed by atoms with E-state index in [0.29, 0.717) is 18.3 Å². The monoisotopic (exact) mass is 264 g/mol. The van der Waals surface area contributed by atoms with Crippen molar-refractivity contribution in [3.8, 4) is 5.75 Å². The average Bonchev–Trinajstić information content (AvgIpc) is 2.96. The third-order valence-corrected chi connectivity index (χ3v) is 3.70. The maximum Gasteiger partial charge on any atom is 0.264 e. The molecule has 0 atom stereocenters. The summed E-state index contributed by atoms with van der Waals surface area (Å²) in [6.45, 7) is 0.548. The molecular formula is C10H10ClFO3S. The van der Waals surface area contributed by atoms with Crippen molar-refractivity contribution in [3.05, 3.63) is 24.0 Å². The quantitative estimate of drug-likeness (QED) is 0.785. The van der Waals surface area contributed by atoms with E-state index in [2.05, 4.69) is 0 Å². The van der Waals surface area contributed by atoms with Crippen LogP contribution in [-0.2, 0) is 9.05 Å². The Hall–Kier alpha value is -0.810. The molecule has 0 aliphatic heterocycles. The summed E-state index contributed by atoms with van der Waals surface area (Å²) in [5, 5.41) is 0. The lowest BCUT2D eigenvalue weighted by molar-refractivity contribution is 0.298. The molecule has 1 aromatic carbocycles. The van der Waals surface area contributed by atoms with E-state index in [9.17, 15) is 12.8 Å². The standard InChI is InChI=1S/C10H10ClFO3S/c11-16(13,14)10-4-3-8(5-9(10)12)15-6-7-1-2-7/h3-5,7H,1-2,6H2. The van der Waals surface area contributed by atoms with Gasteiger partial charge in [-0.3, -0.25) is 0 Å². The minimum atomic E-state index is -4.03. The Balaban J connectivity index is 2.15. The van der Waals surface area contributed by atoms with E-state index in [1.807, 2.05) is 0 Å².